The maximum absolute atomic E-state index is 12.5. The molecule has 2 N–H and O–H groups in total. The molecular weight excluding hydrogens is 266 g/mol. The molecule has 0 fully saturated rings. The van der Waals surface area contributed by atoms with Gasteiger partial charge in [-0.3, -0.25) is 9.78 Å². The molecule has 1 amide bonds. The average molecular weight is 285 g/mol. The Morgan fingerprint density at radius 2 is 2.00 bits per heavy atom. The van der Waals surface area contributed by atoms with Crippen molar-refractivity contribution < 1.29 is 4.79 Å². The second kappa shape index (κ2) is 6.30. The van der Waals surface area contributed by atoms with E-state index in [0.29, 0.717) is 17.2 Å². The largest absolute Gasteiger partial charge is 0.385 e. The summed E-state index contributed by atoms with van der Waals surface area (Å²) in [5, 5.41) is 5.80. The zero-order valence-corrected chi connectivity index (χ0v) is 12.6. The van der Waals surface area contributed by atoms with Crippen molar-refractivity contribution in [2.45, 2.75) is 26.7 Å². The number of rotatable bonds is 4. The van der Waals surface area contributed by atoms with E-state index in [1.807, 2.05) is 20.8 Å². The van der Waals surface area contributed by atoms with Crippen LogP contribution in [0.4, 0.5) is 11.4 Å². The van der Waals surface area contributed by atoms with E-state index in [4.69, 9.17) is 0 Å². The summed E-state index contributed by atoms with van der Waals surface area (Å²) in [6.07, 6.45) is 4.98. The number of hydrogen-bond donors (Lipinski definition) is 2. The van der Waals surface area contributed by atoms with Crippen LogP contribution in [0.5, 0.6) is 0 Å². The number of amides is 1. The Balaban J connectivity index is 2.34. The van der Waals surface area contributed by atoms with E-state index < -0.39 is 0 Å². The summed E-state index contributed by atoms with van der Waals surface area (Å²) in [5.74, 6) is 0.536. The van der Waals surface area contributed by atoms with Crippen molar-refractivity contribution in [1.82, 2.24) is 15.0 Å². The first kappa shape index (κ1) is 14.9. The summed E-state index contributed by atoms with van der Waals surface area (Å²) in [7, 11) is 1.74. The summed E-state index contributed by atoms with van der Waals surface area (Å²) < 4.78 is 0. The van der Waals surface area contributed by atoms with Gasteiger partial charge in [0.05, 0.1) is 11.9 Å². The van der Waals surface area contributed by atoms with Gasteiger partial charge in [-0.05, 0) is 18.6 Å². The van der Waals surface area contributed by atoms with E-state index in [9.17, 15) is 4.79 Å². The zero-order chi connectivity index (χ0) is 15.4. The van der Waals surface area contributed by atoms with Crippen LogP contribution in [0.15, 0.2) is 24.7 Å². The molecule has 2 heterocycles. The molecule has 0 spiro atoms. The Morgan fingerprint density at radius 1 is 1.24 bits per heavy atom. The molecule has 0 unspecified atom stereocenters. The van der Waals surface area contributed by atoms with Crippen LogP contribution in [0.25, 0.3) is 0 Å². The van der Waals surface area contributed by atoms with Gasteiger partial charge in [0.25, 0.3) is 5.91 Å². The Labute approximate surface area is 124 Å². The molecule has 6 nitrogen and oxygen atoms in total. The number of anilines is 2. The molecule has 0 atom stereocenters. The minimum atomic E-state index is -0.266. The first-order chi connectivity index (χ1) is 10.0. The monoisotopic (exact) mass is 285 g/mol. The van der Waals surface area contributed by atoms with E-state index in [0.717, 1.165) is 11.3 Å². The molecule has 0 saturated carbocycles. The highest BCUT2D eigenvalue weighted by Crippen LogP contribution is 2.18. The van der Waals surface area contributed by atoms with Crippen LogP contribution < -0.4 is 10.6 Å². The van der Waals surface area contributed by atoms with Gasteiger partial charge in [-0.1, -0.05) is 13.8 Å². The molecule has 0 bridgehead atoms. The molecule has 2 aromatic rings. The Morgan fingerprint density at radius 3 is 2.62 bits per heavy atom. The van der Waals surface area contributed by atoms with Gasteiger partial charge in [0.1, 0.15) is 5.82 Å². The van der Waals surface area contributed by atoms with Crippen LogP contribution >= 0.6 is 0 Å². The highest BCUT2D eigenvalue weighted by atomic mass is 16.1. The molecule has 2 rings (SSSR count). The highest BCUT2D eigenvalue weighted by molar-refractivity contribution is 6.06. The number of nitrogens with one attached hydrogen (secondary N) is 2. The van der Waals surface area contributed by atoms with Crippen LogP contribution in [0, 0.1) is 6.92 Å². The van der Waals surface area contributed by atoms with Crippen molar-refractivity contribution in [2.75, 3.05) is 17.7 Å². The van der Waals surface area contributed by atoms with Crippen molar-refractivity contribution >= 4 is 17.3 Å². The van der Waals surface area contributed by atoms with Crippen molar-refractivity contribution in [3.05, 3.63) is 41.7 Å². The molecule has 21 heavy (non-hydrogen) atoms. The van der Waals surface area contributed by atoms with Gasteiger partial charge < -0.3 is 10.6 Å². The SMILES string of the molecule is CNc1cnc(C(C)C)nc1C(=O)Nc1ccncc1C. The highest BCUT2D eigenvalue weighted by Gasteiger charge is 2.16. The van der Waals surface area contributed by atoms with E-state index in [1.165, 1.54) is 0 Å². The van der Waals surface area contributed by atoms with Gasteiger partial charge in [0.15, 0.2) is 5.69 Å². The number of aryl methyl sites for hydroxylation is 1. The lowest BCUT2D eigenvalue weighted by Gasteiger charge is -2.12. The quantitative estimate of drug-likeness (QED) is 0.902. The third kappa shape index (κ3) is 3.34. The van der Waals surface area contributed by atoms with E-state index in [-0.39, 0.29) is 11.8 Å². The van der Waals surface area contributed by atoms with E-state index >= 15 is 0 Å². The van der Waals surface area contributed by atoms with Gasteiger partial charge in [-0.2, -0.15) is 0 Å². The van der Waals surface area contributed by atoms with E-state index in [1.54, 1.807) is 31.7 Å². The number of hydrogen-bond acceptors (Lipinski definition) is 5. The topological polar surface area (TPSA) is 79.8 Å². The third-order valence-corrected chi connectivity index (χ3v) is 3.08. The Kier molecular flexibility index (Phi) is 4.47. The Hall–Kier alpha value is -2.50. The van der Waals surface area contributed by atoms with Crippen LogP contribution in [0.3, 0.4) is 0 Å². The number of carbonyl (C=O) groups excluding carboxylic acids is 1. The summed E-state index contributed by atoms with van der Waals surface area (Å²) in [6.45, 7) is 5.87. The summed E-state index contributed by atoms with van der Waals surface area (Å²) in [6, 6.07) is 1.76. The predicted octanol–water partition coefficient (Wildman–Crippen LogP) is 2.60. The normalized spacial score (nSPS) is 10.5. The molecule has 0 aromatic carbocycles. The van der Waals surface area contributed by atoms with Crippen LogP contribution in [-0.2, 0) is 0 Å². The number of nitrogens with zero attached hydrogens (tertiary/aromatic N) is 3. The van der Waals surface area contributed by atoms with Crippen LogP contribution in [-0.4, -0.2) is 27.9 Å². The maximum Gasteiger partial charge on any atom is 0.276 e. The third-order valence-electron chi connectivity index (χ3n) is 3.08. The van der Waals surface area contributed by atoms with Gasteiger partial charge in [-0.15, -0.1) is 0 Å². The van der Waals surface area contributed by atoms with Gasteiger partial charge >= 0.3 is 0 Å². The predicted molar refractivity (Wildman–Crippen MR) is 82.6 cm³/mol. The van der Waals surface area contributed by atoms with Crippen molar-refractivity contribution in [2.24, 2.45) is 0 Å². The van der Waals surface area contributed by atoms with Crippen LogP contribution in [0.1, 0.15) is 41.6 Å². The van der Waals surface area contributed by atoms with Gasteiger partial charge in [0.2, 0.25) is 0 Å². The lowest BCUT2D eigenvalue weighted by atomic mass is 10.2. The molecule has 0 saturated heterocycles. The van der Waals surface area contributed by atoms with E-state index in [2.05, 4.69) is 25.6 Å². The van der Waals surface area contributed by atoms with Gasteiger partial charge in [-0.25, -0.2) is 9.97 Å². The minimum Gasteiger partial charge on any atom is -0.385 e. The molecule has 0 aliphatic carbocycles. The molecule has 110 valence electrons. The van der Waals surface area contributed by atoms with Gasteiger partial charge in [0, 0.05) is 31.0 Å². The Bertz CT molecular complexity index is 654. The van der Waals surface area contributed by atoms with Crippen molar-refractivity contribution in [1.29, 1.82) is 0 Å². The second-order valence-electron chi connectivity index (χ2n) is 5.04. The minimum absolute atomic E-state index is 0.158. The molecule has 0 aliphatic rings. The zero-order valence-electron chi connectivity index (χ0n) is 12.6. The molecule has 2 aromatic heterocycles. The fourth-order valence-electron chi connectivity index (χ4n) is 1.82. The lowest BCUT2D eigenvalue weighted by Crippen LogP contribution is -2.18. The molecule has 0 radical (unpaired) electrons. The maximum atomic E-state index is 12.5. The first-order valence-electron chi connectivity index (χ1n) is 6.79. The molecule has 0 aliphatic heterocycles. The van der Waals surface area contributed by atoms with Crippen LogP contribution in [0.2, 0.25) is 0 Å². The number of pyridine rings is 1. The average Bonchev–Trinajstić information content (AvgIpc) is 2.48. The summed E-state index contributed by atoms with van der Waals surface area (Å²) in [4.78, 5) is 25.1. The molecular formula is C15H19N5O. The first-order valence-corrected chi connectivity index (χ1v) is 6.79. The number of aromatic nitrogens is 3. The summed E-state index contributed by atoms with van der Waals surface area (Å²) in [5.41, 5.74) is 2.56. The fourth-order valence-corrected chi connectivity index (χ4v) is 1.82. The standard InChI is InChI=1S/C15H19N5O/c1-9(2)14-18-8-12(16-4)13(20-14)15(21)19-11-5-6-17-7-10(11)3/h5-9,16H,1-4H3,(H,17,19,21). The van der Waals surface area contributed by atoms with Crippen molar-refractivity contribution in [3.63, 3.8) is 0 Å². The fraction of sp³-hybridized carbons (Fsp3) is 0.333. The second-order valence-corrected chi connectivity index (χ2v) is 5.04. The molecule has 6 heteroatoms. The summed E-state index contributed by atoms with van der Waals surface area (Å²) >= 11 is 0. The number of carbonyl (C=O) groups is 1. The smallest absolute Gasteiger partial charge is 0.276 e. The lowest BCUT2D eigenvalue weighted by molar-refractivity contribution is 0.102. The van der Waals surface area contributed by atoms with Crippen molar-refractivity contribution in [3.8, 4) is 0 Å².